The van der Waals surface area contributed by atoms with Crippen LogP contribution in [0, 0.1) is 0 Å². The van der Waals surface area contributed by atoms with Gasteiger partial charge in [-0.1, -0.05) is 18.2 Å². The molecule has 2 rings (SSSR count). The third-order valence-corrected chi connectivity index (χ3v) is 3.04. The second-order valence-electron chi connectivity index (χ2n) is 4.08. The van der Waals surface area contributed by atoms with Crippen LogP contribution in [0.15, 0.2) is 24.3 Å². The summed E-state index contributed by atoms with van der Waals surface area (Å²) in [5.74, 6) is -1.06. The standard InChI is InChI=1S/C12H14F2N2O/c13-11(14)12(17)16-7-8(5-6-15)9-3-1-2-4-10(9)16/h1-4,8,11H,5-7,15H2. The van der Waals surface area contributed by atoms with Gasteiger partial charge in [-0.3, -0.25) is 4.79 Å². The van der Waals surface area contributed by atoms with Crippen molar-refractivity contribution in [2.24, 2.45) is 5.73 Å². The molecule has 1 aliphatic heterocycles. The number of amides is 1. The summed E-state index contributed by atoms with van der Waals surface area (Å²) in [6.45, 7) is 0.787. The molecule has 3 nitrogen and oxygen atoms in total. The normalized spacial score (nSPS) is 18.6. The molecule has 1 aliphatic rings. The summed E-state index contributed by atoms with van der Waals surface area (Å²) in [5.41, 5.74) is 7.03. The van der Waals surface area contributed by atoms with Gasteiger partial charge >= 0.3 is 6.43 Å². The van der Waals surface area contributed by atoms with Gasteiger partial charge in [0.05, 0.1) is 0 Å². The van der Waals surface area contributed by atoms with Gasteiger partial charge in [0.2, 0.25) is 0 Å². The highest BCUT2D eigenvalue weighted by Gasteiger charge is 2.34. The number of anilines is 1. The molecule has 0 saturated carbocycles. The predicted molar refractivity (Wildman–Crippen MR) is 61.2 cm³/mol. The Bertz CT molecular complexity index is 423. The van der Waals surface area contributed by atoms with Crippen LogP contribution in [0.3, 0.4) is 0 Å². The van der Waals surface area contributed by atoms with Gasteiger partial charge < -0.3 is 10.6 Å². The summed E-state index contributed by atoms with van der Waals surface area (Å²) in [6, 6.07) is 7.16. The summed E-state index contributed by atoms with van der Waals surface area (Å²) in [6.07, 6.45) is -2.26. The minimum Gasteiger partial charge on any atom is -0.330 e. The SMILES string of the molecule is NCCC1CN(C(=O)C(F)F)c2ccccc21. The zero-order valence-corrected chi connectivity index (χ0v) is 9.27. The number of carbonyl (C=O) groups excluding carboxylic acids is 1. The Balaban J connectivity index is 2.31. The number of nitrogens with zero attached hydrogens (tertiary/aromatic N) is 1. The fourth-order valence-corrected chi connectivity index (χ4v) is 2.27. The van der Waals surface area contributed by atoms with Crippen molar-refractivity contribution in [3.8, 4) is 0 Å². The summed E-state index contributed by atoms with van der Waals surface area (Å²) in [7, 11) is 0. The van der Waals surface area contributed by atoms with Crippen molar-refractivity contribution in [2.75, 3.05) is 18.0 Å². The Morgan fingerprint density at radius 2 is 2.18 bits per heavy atom. The Hall–Kier alpha value is -1.49. The quantitative estimate of drug-likeness (QED) is 0.874. The number of para-hydroxylation sites is 1. The Labute approximate surface area is 98.2 Å². The van der Waals surface area contributed by atoms with Crippen LogP contribution >= 0.6 is 0 Å². The average molecular weight is 240 g/mol. The van der Waals surface area contributed by atoms with E-state index in [2.05, 4.69) is 0 Å². The number of alkyl halides is 2. The lowest BCUT2D eigenvalue weighted by Gasteiger charge is -2.16. The molecule has 92 valence electrons. The van der Waals surface area contributed by atoms with Gasteiger partial charge in [-0.15, -0.1) is 0 Å². The molecule has 0 fully saturated rings. The van der Waals surface area contributed by atoms with E-state index >= 15 is 0 Å². The molecule has 1 aromatic carbocycles. The van der Waals surface area contributed by atoms with E-state index < -0.39 is 12.3 Å². The van der Waals surface area contributed by atoms with Gasteiger partial charge in [-0.2, -0.15) is 8.78 Å². The van der Waals surface area contributed by atoms with Crippen LogP contribution in [0.4, 0.5) is 14.5 Å². The number of nitrogens with two attached hydrogens (primary N) is 1. The summed E-state index contributed by atoms with van der Waals surface area (Å²) in [4.78, 5) is 12.6. The molecule has 0 spiro atoms. The maximum absolute atomic E-state index is 12.5. The van der Waals surface area contributed by atoms with Crippen LogP contribution < -0.4 is 10.6 Å². The maximum atomic E-state index is 12.5. The highest BCUT2D eigenvalue weighted by molar-refractivity contribution is 5.97. The molecule has 0 aliphatic carbocycles. The topological polar surface area (TPSA) is 46.3 Å². The minimum absolute atomic E-state index is 0.0684. The number of benzene rings is 1. The maximum Gasteiger partial charge on any atom is 0.316 e. The van der Waals surface area contributed by atoms with Crippen molar-refractivity contribution in [3.05, 3.63) is 29.8 Å². The van der Waals surface area contributed by atoms with Crippen LogP contribution in [0.5, 0.6) is 0 Å². The van der Waals surface area contributed by atoms with Crippen LogP contribution in [-0.2, 0) is 4.79 Å². The third kappa shape index (κ3) is 2.15. The number of halogens is 2. The first-order chi connectivity index (χ1) is 8.15. The van der Waals surface area contributed by atoms with E-state index in [0.29, 0.717) is 25.2 Å². The molecule has 0 saturated heterocycles. The number of hydrogen-bond acceptors (Lipinski definition) is 2. The molecule has 0 aromatic heterocycles. The zero-order valence-electron chi connectivity index (χ0n) is 9.27. The molecular formula is C12H14F2N2O. The van der Waals surface area contributed by atoms with Crippen LogP contribution in [0.2, 0.25) is 0 Å². The fraction of sp³-hybridized carbons (Fsp3) is 0.417. The monoisotopic (exact) mass is 240 g/mol. The van der Waals surface area contributed by atoms with E-state index in [1.165, 1.54) is 4.90 Å². The molecule has 2 N–H and O–H groups in total. The average Bonchev–Trinajstić information content (AvgIpc) is 2.68. The van der Waals surface area contributed by atoms with Gasteiger partial charge in [-0.25, -0.2) is 0 Å². The molecule has 1 heterocycles. The summed E-state index contributed by atoms with van der Waals surface area (Å²) in [5, 5.41) is 0. The lowest BCUT2D eigenvalue weighted by atomic mass is 9.98. The minimum atomic E-state index is -2.96. The number of rotatable bonds is 3. The Morgan fingerprint density at radius 3 is 2.82 bits per heavy atom. The molecule has 1 aromatic rings. The predicted octanol–water partition coefficient (Wildman–Crippen LogP) is 1.73. The molecule has 0 radical (unpaired) electrons. The smallest absolute Gasteiger partial charge is 0.316 e. The van der Waals surface area contributed by atoms with E-state index in [1.54, 1.807) is 12.1 Å². The first kappa shape index (κ1) is 12.0. The van der Waals surface area contributed by atoms with E-state index in [-0.39, 0.29) is 5.92 Å². The lowest BCUT2D eigenvalue weighted by Crippen LogP contribution is -2.34. The summed E-state index contributed by atoms with van der Waals surface area (Å²) >= 11 is 0. The second-order valence-corrected chi connectivity index (χ2v) is 4.08. The van der Waals surface area contributed by atoms with E-state index in [1.807, 2.05) is 12.1 Å². The van der Waals surface area contributed by atoms with Crippen molar-refractivity contribution in [2.45, 2.75) is 18.8 Å². The fourth-order valence-electron chi connectivity index (χ4n) is 2.27. The van der Waals surface area contributed by atoms with Crippen molar-refractivity contribution in [3.63, 3.8) is 0 Å². The van der Waals surface area contributed by atoms with Crippen molar-refractivity contribution >= 4 is 11.6 Å². The molecule has 0 bridgehead atoms. The second kappa shape index (κ2) is 4.79. The lowest BCUT2D eigenvalue weighted by molar-refractivity contribution is -0.128. The highest BCUT2D eigenvalue weighted by Crippen LogP contribution is 2.38. The van der Waals surface area contributed by atoms with Crippen LogP contribution in [0.25, 0.3) is 0 Å². The van der Waals surface area contributed by atoms with Crippen molar-refractivity contribution < 1.29 is 13.6 Å². The molecule has 17 heavy (non-hydrogen) atoms. The van der Waals surface area contributed by atoms with Crippen molar-refractivity contribution in [1.82, 2.24) is 0 Å². The van der Waals surface area contributed by atoms with Crippen LogP contribution in [-0.4, -0.2) is 25.4 Å². The highest BCUT2D eigenvalue weighted by atomic mass is 19.3. The van der Waals surface area contributed by atoms with Gasteiger partial charge in [0.15, 0.2) is 0 Å². The zero-order chi connectivity index (χ0) is 12.4. The number of hydrogen-bond donors (Lipinski definition) is 1. The summed E-state index contributed by atoms with van der Waals surface area (Å²) < 4.78 is 24.9. The molecular weight excluding hydrogens is 226 g/mol. The molecule has 5 heteroatoms. The van der Waals surface area contributed by atoms with Gasteiger partial charge in [0, 0.05) is 18.2 Å². The van der Waals surface area contributed by atoms with Gasteiger partial charge in [-0.05, 0) is 24.6 Å². The molecule has 1 unspecified atom stereocenters. The number of fused-ring (bicyclic) bond motifs is 1. The Morgan fingerprint density at radius 1 is 1.47 bits per heavy atom. The van der Waals surface area contributed by atoms with E-state index in [0.717, 1.165) is 5.56 Å². The molecule has 1 atom stereocenters. The first-order valence-corrected chi connectivity index (χ1v) is 5.53. The Kier molecular flexibility index (Phi) is 3.38. The van der Waals surface area contributed by atoms with E-state index in [9.17, 15) is 13.6 Å². The number of carbonyl (C=O) groups is 1. The third-order valence-electron chi connectivity index (χ3n) is 3.04. The first-order valence-electron chi connectivity index (χ1n) is 5.53. The largest absolute Gasteiger partial charge is 0.330 e. The van der Waals surface area contributed by atoms with E-state index in [4.69, 9.17) is 5.73 Å². The molecule has 1 amide bonds. The van der Waals surface area contributed by atoms with Crippen molar-refractivity contribution in [1.29, 1.82) is 0 Å². The van der Waals surface area contributed by atoms with Gasteiger partial charge in [0.25, 0.3) is 5.91 Å². The van der Waals surface area contributed by atoms with Gasteiger partial charge in [0.1, 0.15) is 0 Å². The van der Waals surface area contributed by atoms with Crippen LogP contribution in [0.1, 0.15) is 17.9 Å².